The van der Waals surface area contributed by atoms with Gasteiger partial charge in [-0.15, -0.1) is 0 Å². The molecule has 144 valence electrons. The summed E-state index contributed by atoms with van der Waals surface area (Å²) in [6, 6.07) is 4.86. The van der Waals surface area contributed by atoms with Gasteiger partial charge in [0.15, 0.2) is 0 Å². The van der Waals surface area contributed by atoms with E-state index in [0.717, 1.165) is 17.7 Å². The summed E-state index contributed by atoms with van der Waals surface area (Å²) in [7, 11) is 0. The van der Waals surface area contributed by atoms with Crippen molar-refractivity contribution < 1.29 is 22.7 Å². The SMILES string of the molecule is Cc1cc([C@H]2OC(=O)N(Cc3cc(Cl)ncc3Br)[C@H]2C)cc(C(F)(F)F)c1. The Morgan fingerprint density at radius 3 is 2.67 bits per heavy atom. The third-order valence-corrected chi connectivity index (χ3v) is 5.31. The lowest BCUT2D eigenvalue weighted by Crippen LogP contribution is -2.31. The molecule has 0 radical (unpaired) electrons. The van der Waals surface area contributed by atoms with E-state index in [1.807, 2.05) is 0 Å². The highest BCUT2D eigenvalue weighted by molar-refractivity contribution is 9.10. The van der Waals surface area contributed by atoms with Gasteiger partial charge in [0.05, 0.1) is 18.2 Å². The lowest BCUT2D eigenvalue weighted by molar-refractivity contribution is -0.137. The molecule has 0 unspecified atom stereocenters. The number of carbonyl (C=O) groups is 1. The van der Waals surface area contributed by atoms with Crippen LogP contribution in [0.3, 0.4) is 0 Å². The molecule has 1 amide bonds. The van der Waals surface area contributed by atoms with Crippen molar-refractivity contribution in [3.05, 3.63) is 62.3 Å². The predicted octanol–water partition coefficient (Wildman–Crippen LogP) is 5.91. The maximum Gasteiger partial charge on any atom is 0.416 e. The van der Waals surface area contributed by atoms with Crippen LogP contribution < -0.4 is 0 Å². The van der Waals surface area contributed by atoms with E-state index in [4.69, 9.17) is 16.3 Å². The number of halogens is 5. The van der Waals surface area contributed by atoms with Crippen LogP contribution in [-0.2, 0) is 17.5 Å². The molecule has 9 heteroatoms. The molecule has 2 aromatic rings. The van der Waals surface area contributed by atoms with Crippen LogP contribution in [0.25, 0.3) is 0 Å². The Bertz CT molecular complexity index is 891. The van der Waals surface area contributed by atoms with Crippen LogP contribution in [0.2, 0.25) is 5.15 Å². The third kappa shape index (κ3) is 4.21. The van der Waals surface area contributed by atoms with Gasteiger partial charge in [0.2, 0.25) is 0 Å². The highest BCUT2D eigenvalue weighted by atomic mass is 79.9. The topological polar surface area (TPSA) is 42.4 Å². The van der Waals surface area contributed by atoms with Gasteiger partial charge in [-0.2, -0.15) is 13.2 Å². The monoisotopic (exact) mass is 462 g/mol. The number of ether oxygens (including phenoxy) is 1. The van der Waals surface area contributed by atoms with Crippen molar-refractivity contribution >= 4 is 33.6 Å². The summed E-state index contributed by atoms with van der Waals surface area (Å²) in [4.78, 5) is 17.7. The zero-order chi connectivity index (χ0) is 19.9. The second-order valence-electron chi connectivity index (χ2n) is 6.40. The summed E-state index contributed by atoms with van der Waals surface area (Å²) in [5.74, 6) is 0. The fourth-order valence-electron chi connectivity index (χ4n) is 3.06. The average molecular weight is 464 g/mol. The minimum absolute atomic E-state index is 0.192. The van der Waals surface area contributed by atoms with Crippen molar-refractivity contribution in [3.8, 4) is 0 Å². The molecule has 1 saturated heterocycles. The molecule has 0 N–H and O–H groups in total. The summed E-state index contributed by atoms with van der Waals surface area (Å²) in [6.45, 7) is 3.51. The van der Waals surface area contributed by atoms with E-state index in [-0.39, 0.29) is 11.7 Å². The molecule has 3 rings (SSSR count). The second-order valence-corrected chi connectivity index (χ2v) is 7.64. The lowest BCUT2D eigenvalue weighted by Gasteiger charge is -2.22. The molecule has 0 bridgehead atoms. The van der Waals surface area contributed by atoms with Gasteiger partial charge in [0.25, 0.3) is 0 Å². The zero-order valence-corrected chi connectivity index (χ0v) is 16.7. The number of amides is 1. The van der Waals surface area contributed by atoms with Gasteiger partial charge in [-0.3, -0.25) is 4.90 Å². The Morgan fingerprint density at radius 1 is 1.30 bits per heavy atom. The van der Waals surface area contributed by atoms with Gasteiger partial charge in [-0.1, -0.05) is 23.2 Å². The van der Waals surface area contributed by atoms with Crippen molar-refractivity contribution in [2.45, 2.75) is 38.7 Å². The van der Waals surface area contributed by atoms with E-state index in [1.54, 1.807) is 26.0 Å². The van der Waals surface area contributed by atoms with E-state index in [2.05, 4.69) is 20.9 Å². The molecule has 1 aliphatic rings. The molecule has 1 fully saturated rings. The normalized spacial score (nSPS) is 20.1. The summed E-state index contributed by atoms with van der Waals surface area (Å²) in [6.07, 6.45) is -4.33. The number of alkyl halides is 3. The Balaban J connectivity index is 1.89. The summed E-state index contributed by atoms with van der Waals surface area (Å²) >= 11 is 9.26. The van der Waals surface area contributed by atoms with Gasteiger partial charge in [0, 0.05) is 10.7 Å². The number of pyridine rings is 1. The largest absolute Gasteiger partial charge is 0.439 e. The number of carbonyl (C=O) groups excluding carboxylic acids is 1. The van der Waals surface area contributed by atoms with Crippen molar-refractivity contribution in [2.75, 3.05) is 0 Å². The molecule has 0 saturated carbocycles. The Hall–Kier alpha value is -1.80. The summed E-state index contributed by atoms with van der Waals surface area (Å²) < 4.78 is 45.4. The molecule has 1 aromatic heterocycles. The maximum absolute atomic E-state index is 13.1. The number of hydrogen-bond acceptors (Lipinski definition) is 3. The van der Waals surface area contributed by atoms with Crippen molar-refractivity contribution in [1.82, 2.24) is 9.88 Å². The summed E-state index contributed by atoms with van der Waals surface area (Å²) in [5.41, 5.74) is 0.727. The molecule has 0 spiro atoms. The number of cyclic esters (lactones) is 1. The smallest absolute Gasteiger partial charge is 0.416 e. The van der Waals surface area contributed by atoms with Crippen molar-refractivity contribution in [2.24, 2.45) is 0 Å². The molecule has 0 aliphatic carbocycles. The van der Waals surface area contributed by atoms with Crippen LogP contribution in [0.5, 0.6) is 0 Å². The number of aryl methyl sites for hydroxylation is 1. The number of benzene rings is 1. The van der Waals surface area contributed by atoms with E-state index in [1.165, 1.54) is 11.1 Å². The van der Waals surface area contributed by atoms with Crippen LogP contribution >= 0.6 is 27.5 Å². The highest BCUT2D eigenvalue weighted by Crippen LogP contribution is 2.38. The van der Waals surface area contributed by atoms with Crippen LogP contribution in [0.4, 0.5) is 18.0 Å². The van der Waals surface area contributed by atoms with Crippen LogP contribution in [0, 0.1) is 6.92 Å². The number of hydrogen-bond donors (Lipinski definition) is 0. The third-order valence-electron chi connectivity index (χ3n) is 4.39. The van der Waals surface area contributed by atoms with Gasteiger partial charge in [-0.25, -0.2) is 9.78 Å². The first-order chi connectivity index (χ1) is 12.6. The Labute approximate surface area is 167 Å². The lowest BCUT2D eigenvalue weighted by atomic mass is 9.98. The van der Waals surface area contributed by atoms with E-state index in [9.17, 15) is 18.0 Å². The van der Waals surface area contributed by atoms with Gasteiger partial charge >= 0.3 is 12.3 Å². The Morgan fingerprint density at radius 2 is 2.00 bits per heavy atom. The fourth-order valence-corrected chi connectivity index (χ4v) is 3.58. The molecule has 27 heavy (non-hydrogen) atoms. The minimum Gasteiger partial charge on any atom is -0.439 e. The maximum atomic E-state index is 13.1. The van der Waals surface area contributed by atoms with Crippen LogP contribution in [-0.4, -0.2) is 22.0 Å². The Kier molecular flexibility index (Phi) is 5.40. The van der Waals surface area contributed by atoms with E-state index >= 15 is 0 Å². The summed E-state index contributed by atoms with van der Waals surface area (Å²) in [5, 5.41) is 0.276. The fraction of sp³-hybridized carbons (Fsp3) is 0.333. The average Bonchev–Trinajstić information content (AvgIpc) is 2.85. The molecule has 4 nitrogen and oxygen atoms in total. The zero-order valence-electron chi connectivity index (χ0n) is 14.3. The quantitative estimate of drug-likeness (QED) is 0.532. The van der Waals surface area contributed by atoms with Gasteiger partial charge < -0.3 is 4.74 Å². The molecule has 2 atom stereocenters. The van der Waals surface area contributed by atoms with Crippen LogP contribution in [0.15, 0.2) is 34.9 Å². The standard InChI is InChI=1S/C18H15BrClF3N2O2/c1-9-3-11(5-13(4-9)18(21,22)23)16-10(2)25(17(26)27-16)8-12-6-15(20)24-7-14(12)19/h3-7,10,16H,8H2,1-2H3/t10-,16-/m0/s1. The highest BCUT2D eigenvalue weighted by Gasteiger charge is 2.41. The van der Waals surface area contributed by atoms with Crippen molar-refractivity contribution in [1.29, 1.82) is 0 Å². The van der Waals surface area contributed by atoms with Gasteiger partial charge in [-0.05, 0) is 59.1 Å². The molecule has 1 aromatic carbocycles. The number of rotatable bonds is 3. The van der Waals surface area contributed by atoms with Crippen LogP contribution in [0.1, 0.15) is 35.3 Å². The first-order valence-corrected chi connectivity index (χ1v) is 9.19. The second kappa shape index (κ2) is 7.31. The molecule has 1 aliphatic heterocycles. The molecular weight excluding hydrogens is 449 g/mol. The predicted molar refractivity (Wildman–Crippen MR) is 97.4 cm³/mol. The van der Waals surface area contributed by atoms with Crippen molar-refractivity contribution in [3.63, 3.8) is 0 Å². The first kappa shape index (κ1) is 19.9. The van der Waals surface area contributed by atoms with E-state index in [0.29, 0.717) is 15.6 Å². The number of nitrogens with zero attached hydrogens (tertiary/aromatic N) is 2. The van der Waals surface area contributed by atoms with E-state index < -0.39 is 30.0 Å². The minimum atomic E-state index is -4.47. The first-order valence-electron chi connectivity index (χ1n) is 8.02. The van der Waals surface area contributed by atoms with Gasteiger partial charge in [0.1, 0.15) is 11.3 Å². The molecule has 2 heterocycles. The molecular formula is C18H15BrClF3N2O2. The number of aromatic nitrogens is 1.